The molecule has 1 saturated heterocycles. The number of carboxylic acid groups (broad SMARTS) is 1. The molecule has 0 aromatic carbocycles. The van der Waals surface area contributed by atoms with Crippen molar-refractivity contribution in [3.8, 4) is 0 Å². The summed E-state index contributed by atoms with van der Waals surface area (Å²) < 4.78 is 0. The van der Waals surface area contributed by atoms with Gasteiger partial charge in [0.2, 0.25) is 11.8 Å². The summed E-state index contributed by atoms with van der Waals surface area (Å²) in [6, 6.07) is 0.293. The molecule has 2 rings (SSSR count). The molecule has 2 fully saturated rings. The summed E-state index contributed by atoms with van der Waals surface area (Å²) in [5.41, 5.74) is 0. The summed E-state index contributed by atoms with van der Waals surface area (Å²) in [5.74, 6) is -1.47. The molecule has 1 saturated carbocycles. The third kappa shape index (κ3) is 4.19. The lowest BCUT2D eigenvalue weighted by molar-refractivity contribution is -0.141. The SMILES string of the molecule is CN(CC(=O)NC1CC1)C(=O)CN1CCC(C(=O)O)C1. The zero-order valence-electron chi connectivity index (χ0n) is 11.7. The predicted octanol–water partition coefficient (Wildman–Crippen LogP) is -0.870. The summed E-state index contributed by atoms with van der Waals surface area (Å²) in [7, 11) is 1.60. The van der Waals surface area contributed by atoms with Crippen molar-refractivity contribution in [2.45, 2.75) is 25.3 Å². The maximum atomic E-state index is 12.0. The molecule has 2 aliphatic rings. The van der Waals surface area contributed by atoms with E-state index in [9.17, 15) is 14.4 Å². The van der Waals surface area contributed by atoms with E-state index in [1.807, 2.05) is 4.90 Å². The predicted molar refractivity (Wildman–Crippen MR) is 71.0 cm³/mol. The lowest BCUT2D eigenvalue weighted by Crippen LogP contribution is -2.43. The normalized spacial score (nSPS) is 22.6. The van der Waals surface area contributed by atoms with Crippen LogP contribution in [0.4, 0.5) is 0 Å². The fraction of sp³-hybridized carbons (Fsp3) is 0.769. The molecule has 7 heteroatoms. The minimum absolute atomic E-state index is 0.0610. The van der Waals surface area contributed by atoms with E-state index < -0.39 is 5.97 Å². The smallest absolute Gasteiger partial charge is 0.307 e. The number of likely N-dealkylation sites (N-methyl/N-ethyl adjacent to an activating group) is 1. The zero-order valence-corrected chi connectivity index (χ0v) is 11.7. The molecule has 0 radical (unpaired) electrons. The first-order valence-electron chi connectivity index (χ1n) is 6.94. The molecular weight excluding hydrogens is 262 g/mol. The maximum absolute atomic E-state index is 12.0. The fourth-order valence-corrected chi connectivity index (χ4v) is 2.29. The Morgan fingerprint density at radius 3 is 2.55 bits per heavy atom. The number of nitrogens with zero attached hydrogens (tertiary/aromatic N) is 2. The Kier molecular flexibility index (Phi) is 4.59. The number of likely N-dealkylation sites (tertiary alicyclic amines) is 1. The van der Waals surface area contributed by atoms with Crippen LogP contribution in [0.3, 0.4) is 0 Å². The zero-order chi connectivity index (χ0) is 14.7. The Balaban J connectivity index is 1.70. The van der Waals surface area contributed by atoms with E-state index in [1.165, 1.54) is 4.90 Å². The molecule has 0 aromatic rings. The largest absolute Gasteiger partial charge is 0.481 e. The first-order chi connectivity index (χ1) is 9.45. The van der Waals surface area contributed by atoms with Crippen molar-refractivity contribution in [2.24, 2.45) is 5.92 Å². The van der Waals surface area contributed by atoms with E-state index in [0.717, 1.165) is 12.8 Å². The Bertz CT molecular complexity index is 408. The van der Waals surface area contributed by atoms with Gasteiger partial charge in [-0.05, 0) is 25.8 Å². The van der Waals surface area contributed by atoms with Gasteiger partial charge < -0.3 is 15.3 Å². The number of amides is 2. The second-order valence-corrected chi connectivity index (χ2v) is 5.65. The van der Waals surface area contributed by atoms with Crippen LogP contribution >= 0.6 is 0 Å². The Morgan fingerprint density at radius 1 is 1.30 bits per heavy atom. The van der Waals surface area contributed by atoms with E-state index in [2.05, 4.69) is 5.32 Å². The van der Waals surface area contributed by atoms with E-state index >= 15 is 0 Å². The number of hydrogen-bond acceptors (Lipinski definition) is 4. The van der Waals surface area contributed by atoms with Crippen LogP contribution in [0, 0.1) is 5.92 Å². The topological polar surface area (TPSA) is 90.0 Å². The number of carbonyl (C=O) groups excluding carboxylic acids is 2. The van der Waals surface area contributed by atoms with Crippen LogP contribution < -0.4 is 5.32 Å². The quantitative estimate of drug-likeness (QED) is 0.661. The second-order valence-electron chi connectivity index (χ2n) is 5.65. The van der Waals surface area contributed by atoms with Gasteiger partial charge in [0.05, 0.1) is 19.0 Å². The Morgan fingerprint density at radius 2 is 2.00 bits per heavy atom. The highest BCUT2D eigenvalue weighted by molar-refractivity contribution is 5.85. The van der Waals surface area contributed by atoms with Crippen LogP contribution in [-0.2, 0) is 14.4 Å². The summed E-state index contributed by atoms with van der Waals surface area (Å²) in [6.07, 6.45) is 2.62. The van der Waals surface area contributed by atoms with Crippen LogP contribution in [0.2, 0.25) is 0 Å². The van der Waals surface area contributed by atoms with Crippen molar-refractivity contribution in [3.63, 3.8) is 0 Å². The molecule has 1 aliphatic heterocycles. The van der Waals surface area contributed by atoms with Crippen molar-refractivity contribution in [2.75, 3.05) is 33.2 Å². The van der Waals surface area contributed by atoms with E-state index in [-0.39, 0.29) is 30.8 Å². The molecule has 2 N–H and O–H groups in total. The second kappa shape index (κ2) is 6.21. The lowest BCUT2D eigenvalue weighted by atomic mass is 10.1. The molecule has 2 amide bonds. The van der Waals surface area contributed by atoms with E-state index in [4.69, 9.17) is 5.11 Å². The molecule has 0 bridgehead atoms. The van der Waals surface area contributed by atoms with E-state index in [1.54, 1.807) is 7.05 Å². The first kappa shape index (κ1) is 14.8. The number of nitrogens with one attached hydrogen (secondary N) is 1. The van der Waals surface area contributed by atoms with Gasteiger partial charge in [0, 0.05) is 19.6 Å². The van der Waals surface area contributed by atoms with Crippen molar-refractivity contribution >= 4 is 17.8 Å². The van der Waals surface area contributed by atoms with Crippen LogP contribution in [-0.4, -0.2) is 72.0 Å². The number of carboxylic acids is 1. The van der Waals surface area contributed by atoms with Crippen molar-refractivity contribution in [1.29, 1.82) is 0 Å². The maximum Gasteiger partial charge on any atom is 0.307 e. The van der Waals surface area contributed by atoms with Crippen molar-refractivity contribution in [3.05, 3.63) is 0 Å². The standard InChI is InChI=1S/C13H21N3O4/c1-15(7-11(17)14-10-2-3-10)12(18)8-16-5-4-9(6-16)13(19)20/h9-10H,2-8H2,1H3,(H,14,17)(H,19,20). The van der Waals surface area contributed by atoms with Gasteiger partial charge >= 0.3 is 5.97 Å². The van der Waals surface area contributed by atoms with Gasteiger partial charge in [-0.25, -0.2) is 0 Å². The molecule has 0 spiro atoms. The highest BCUT2D eigenvalue weighted by Crippen LogP contribution is 2.18. The van der Waals surface area contributed by atoms with E-state index in [0.29, 0.717) is 25.6 Å². The van der Waals surface area contributed by atoms with Crippen molar-refractivity contribution in [1.82, 2.24) is 15.1 Å². The number of aliphatic carboxylic acids is 1. The molecule has 1 heterocycles. The Hall–Kier alpha value is -1.63. The molecule has 1 atom stereocenters. The summed E-state index contributed by atoms with van der Waals surface area (Å²) >= 11 is 0. The van der Waals surface area contributed by atoms with Gasteiger partial charge in [0.25, 0.3) is 0 Å². The molecule has 7 nitrogen and oxygen atoms in total. The van der Waals surface area contributed by atoms with Gasteiger partial charge in [-0.3, -0.25) is 19.3 Å². The average molecular weight is 283 g/mol. The molecule has 112 valence electrons. The molecular formula is C13H21N3O4. The molecule has 20 heavy (non-hydrogen) atoms. The minimum atomic E-state index is -0.808. The molecule has 0 aromatic heterocycles. The highest BCUT2D eigenvalue weighted by atomic mass is 16.4. The summed E-state index contributed by atoms with van der Waals surface area (Å²) in [5, 5.41) is 11.7. The fourth-order valence-electron chi connectivity index (χ4n) is 2.29. The average Bonchev–Trinajstić information content (AvgIpc) is 3.04. The molecule has 1 unspecified atom stereocenters. The van der Waals surface area contributed by atoms with Crippen molar-refractivity contribution < 1.29 is 19.5 Å². The van der Waals surface area contributed by atoms with Gasteiger partial charge in [0.15, 0.2) is 0 Å². The van der Waals surface area contributed by atoms with Crippen LogP contribution in [0.15, 0.2) is 0 Å². The minimum Gasteiger partial charge on any atom is -0.481 e. The first-order valence-corrected chi connectivity index (χ1v) is 6.94. The number of rotatable bonds is 6. The van der Waals surface area contributed by atoms with Gasteiger partial charge in [-0.2, -0.15) is 0 Å². The monoisotopic (exact) mass is 283 g/mol. The van der Waals surface area contributed by atoms with Crippen LogP contribution in [0.1, 0.15) is 19.3 Å². The Labute approximate surface area is 117 Å². The third-order valence-corrected chi connectivity index (χ3v) is 3.73. The highest BCUT2D eigenvalue weighted by Gasteiger charge is 2.30. The van der Waals surface area contributed by atoms with Gasteiger partial charge in [-0.15, -0.1) is 0 Å². The third-order valence-electron chi connectivity index (χ3n) is 3.73. The summed E-state index contributed by atoms with van der Waals surface area (Å²) in [6.45, 7) is 1.26. The van der Waals surface area contributed by atoms with Crippen LogP contribution in [0.5, 0.6) is 0 Å². The number of carbonyl (C=O) groups is 3. The number of hydrogen-bond donors (Lipinski definition) is 2. The lowest BCUT2D eigenvalue weighted by Gasteiger charge is -2.21. The van der Waals surface area contributed by atoms with Gasteiger partial charge in [0.1, 0.15) is 0 Å². The van der Waals surface area contributed by atoms with Gasteiger partial charge in [-0.1, -0.05) is 0 Å². The molecule has 1 aliphatic carbocycles. The van der Waals surface area contributed by atoms with Crippen LogP contribution in [0.25, 0.3) is 0 Å². The summed E-state index contributed by atoms with van der Waals surface area (Å²) in [4.78, 5) is 37.6.